The van der Waals surface area contributed by atoms with E-state index in [1.807, 2.05) is 24.3 Å². The van der Waals surface area contributed by atoms with Gasteiger partial charge in [-0.15, -0.1) is 0 Å². The van der Waals surface area contributed by atoms with E-state index < -0.39 is 12.2 Å². The summed E-state index contributed by atoms with van der Waals surface area (Å²) in [6, 6.07) is 16.3. The summed E-state index contributed by atoms with van der Waals surface area (Å²) >= 11 is 0. The molecule has 0 saturated carbocycles. The summed E-state index contributed by atoms with van der Waals surface area (Å²) in [6.07, 6.45) is -1.45. The number of para-hydroxylation sites is 3. The SMILES string of the molecule is CNC(=O)C1CN(C(=O)C(C)Oc2ccccc2)c2ccccc2O1. The molecule has 0 spiro atoms. The van der Waals surface area contributed by atoms with Crippen LogP contribution >= 0.6 is 0 Å². The van der Waals surface area contributed by atoms with Gasteiger partial charge in [-0.3, -0.25) is 9.59 Å². The highest BCUT2D eigenvalue weighted by atomic mass is 16.5. The molecule has 2 aromatic rings. The number of ether oxygens (including phenoxy) is 2. The normalized spacial score (nSPS) is 17.0. The van der Waals surface area contributed by atoms with Gasteiger partial charge < -0.3 is 19.7 Å². The van der Waals surface area contributed by atoms with Crippen molar-refractivity contribution in [1.82, 2.24) is 5.32 Å². The summed E-state index contributed by atoms with van der Waals surface area (Å²) in [5, 5.41) is 2.56. The van der Waals surface area contributed by atoms with Gasteiger partial charge in [0, 0.05) is 7.05 Å². The molecule has 1 heterocycles. The molecular formula is C19H20N2O4. The number of nitrogens with zero attached hydrogens (tertiary/aromatic N) is 1. The Morgan fingerprint density at radius 1 is 1.16 bits per heavy atom. The van der Waals surface area contributed by atoms with Crippen molar-refractivity contribution in [3.63, 3.8) is 0 Å². The predicted molar refractivity (Wildman–Crippen MR) is 93.8 cm³/mol. The summed E-state index contributed by atoms with van der Waals surface area (Å²) < 4.78 is 11.5. The van der Waals surface area contributed by atoms with E-state index in [0.29, 0.717) is 17.2 Å². The maximum atomic E-state index is 12.9. The number of amides is 2. The third-order valence-corrected chi connectivity index (χ3v) is 3.98. The molecule has 1 aliphatic heterocycles. The van der Waals surface area contributed by atoms with Crippen molar-refractivity contribution in [2.45, 2.75) is 19.1 Å². The lowest BCUT2D eigenvalue weighted by atomic mass is 10.1. The zero-order valence-electron chi connectivity index (χ0n) is 14.1. The van der Waals surface area contributed by atoms with E-state index in [-0.39, 0.29) is 18.4 Å². The lowest BCUT2D eigenvalue weighted by molar-refractivity contribution is -0.129. The Morgan fingerprint density at radius 3 is 2.56 bits per heavy atom. The van der Waals surface area contributed by atoms with E-state index in [4.69, 9.17) is 9.47 Å². The van der Waals surface area contributed by atoms with Crippen LogP contribution in [0.4, 0.5) is 5.69 Å². The van der Waals surface area contributed by atoms with Crippen molar-refractivity contribution in [2.24, 2.45) is 0 Å². The number of likely N-dealkylation sites (N-methyl/N-ethyl adjacent to an activating group) is 1. The molecule has 0 radical (unpaired) electrons. The number of fused-ring (bicyclic) bond motifs is 1. The van der Waals surface area contributed by atoms with Gasteiger partial charge in [-0.05, 0) is 31.2 Å². The molecular weight excluding hydrogens is 320 g/mol. The van der Waals surface area contributed by atoms with Gasteiger partial charge in [0.25, 0.3) is 11.8 Å². The summed E-state index contributed by atoms with van der Waals surface area (Å²) in [7, 11) is 1.54. The van der Waals surface area contributed by atoms with Crippen molar-refractivity contribution >= 4 is 17.5 Å². The lowest BCUT2D eigenvalue weighted by Crippen LogP contribution is -2.52. The van der Waals surface area contributed by atoms with Crippen LogP contribution in [0.3, 0.4) is 0 Å². The minimum atomic E-state index is -0.757. The number of carbonyl (C=O) groups is 2. The van der Waals surface area contributed by atoms with Crippen LogP contribution in [0.1, 0.15) is 6.92 Å². The Labute approximate surface area is 146 Å². The Morgan fingerprint density at radius 2 is 1.84 bits per heavy atom. The highest BCUT2D eigenvalue weighted by Gasteiger charge is 2.35. The van der Waals surface area contributed by atoms with Crippen molar-refractivity contribution in [3.8, 4) is 11.5 Å². The van der Waals surface area contributed by atoms with Crippen LogP contribution < -0.4 is 19.7 Å². The van der Waals surface area contributed by atoms with Crippen LogP contribution in [-0.2, 0) is 9.59 Å². The number of benzene rings is 2. The number of nitrogens with one attached hydrogen (secondary N) is 1. The summed E-state index contributed by atoms with van der Waals surface area (Å²) in [6.45, 7) is 1.83. The maximum Gasteiger partial charge on any atom is 0.268 e. The fourth-order valence-electron chi connectivity index (χ4n) is 2.71. The molecule has 0 saturated heterocycles. The van der Waals surface area contributed by atoms with E-state index in [1.165, 1.54) is 0 Å². The first-order valence-corrected chi connectivity index (χ1v) is 8.10. The smallest absolute Gasteiger partial charge is 0.268 e. The van der Waals surface area contributed by atoms with E-state index in [0.717, 1.165) is 0 Å². The number of rotatable bonds is 4. The van der Waals surface area contributed by atoms with E-state index in [1.54, 1.807) is 49.2 Å². The molecule has 6 nitrogen and oxygen atoms in total. The zero-order chi connectivity index (χ0) is 17.8. The fourth-order valence-corrected chi connectivity index (χ4v) is 2.71. The van der Waals surface area contributed by atoms with E-state index in [9.17, 15) is 9.59 Å². The van der Waals surface area contributed by atoms with Crippen LogP contribution in [0.2, 0.25) is 0 Å². The average Bonchev–Trinajstić information content (AvgIpc) is 2.66. The third-order valence-electron chi connectivity index (χ3n) is 3.98. The molecule has 0 fully saturated rings. The first-order chi connectivity index (χ1) is 12.1. The third kappa shape index (κ3) is 3.57. The van der Waals surface area contributed by atoms with Crippen molar-refractivity contribution in [1.29, 1.82) is 0 Å². The van der Waals surface area contributed by atoms with Gasteiger partial charge in [0.15, 0.2) is 12.2 Å². The molecule has 25 heavy (non-hydrogen) atoms. The van der Waals surface area contributed by atoms with Gasteiger partial charge in [-0.25, -0.2) is 0 Å². The topological polar surface area (TPSA) is 67.9 Å². The summed E-state index contributed by atoms with van der Waals surface area (Å²) in [4.78, 5) is 26.5. The second kappa shape index (κ2) is 7.25. The molecule has 1 aliphatic rings. The lowest BCUT2D eigenvalue weighted by Gasteiger charge is -2.35. The van der Waals surface area contributed by atoms with Crippen LogP contribution in [0.5, 0.6) is 11.5 Å². The molecule has 0 aromatic heterocycles. The Bertz CT molecular complexity index is 763. The molecule has 0 aliphatic carbocycles. The number of hydrogen-bond donors (Lipinski definition) is 1. The summed E-state index contributed by atoms with van der Waals surface area (Å²) in [5.74, 6) is 0.618. The van der Waals surface area contributed by atoms with Gasteiger partial charge in [0.2, 0.25) is 0 Å². The van der Waals surface area contributed by atoms with Gasteiger partial charge in [-0.2, -0.15) is 0 Å². The van der Waals surface area contributed by atoms with Gasteiger partial charge in [-0.1, -0.05) is 30.3 Å². The first kappa shape index (κ1) is 16.8. The number of hydrogen-bond acceptors (Lipinski definition) is 4. The minimum Gasteiger partial charge on any atom is -0.481 e. The first-order valence-electron chi connectivity index (χ1n) is 8.10. The molecule has 2 atom stereocenters. The van der Waals surface area contributed by atoms with Crippen LogP contribution in [0.25, 0.3) is 0 Å². The van der Waals surface area contributed by atoms with Gasteiger partial charge in [0.05, 0.1) is 12.2 Å². The molecule has 3 rings (SSSR count). The minimum absolute atomic E-state index is 0.137. The van der Waals surface area contributed by atoms with Crippen molar-refractivity contribution in [3.05, 3.63) is 54.6 Å². The Kier molecular flexibility index (Phi) is 4.88. The van der Waals surface area contributed by atoms with E-state index in [2.05, 4.69) is 5.32 Å². The average molecular weight is 340 g/mol. The largest absolute Gasteiger partial charge is 0.481 e. The van der Waals surface area contributed by atoms with Gasteiger partial charge >= 0.3 is 0 Å². The van der Waals surface area contributed by atoms with Crippen LogP contribution in [-0.4, -0.2) is 37.6 Å². The quantitative estimate of drug-likeness (QED) is 0.924. The highest BCUT2D eigenvalue weighted by molar-refractivity contribution is 5.99. The second-order valence-corrected chi connectivity index (χ2v) is 5.71. The molecule has 6 heteroatoms. The summed E-state index contributed by atoms with van der Waals surface area (Å²) in [5.41, 5.74) is 0.635. The molecule has 0 bridgehead atoms. The standard InChI is InChI=1S/C19H20N2O4/c1-13(24-14-8-4-3-5-9-14)19(23)21-12-17(18(22)20-2)25-16-11-7-6-10-15(16)21/h3-11,13,17H,12H2,1-2H3,(H,20,22). The molecule has 130 valence electrons. The molecule has 2 amide bonds. The Balaban J connectivity index is 1.83. The highest BCUT2D eigenvalue weighted by Crippen LogP contribution is 2.33. The number of anilines is 1. The van der Waals surface area contributed by atoms with Crippen LogP contribution in [0, 0.1) is 0 Å². The van der Waals surface area contributed by atoms with E-state index >= 15 is 0 Å². The number of carbonyl (C=O) groups excluding carboxylic acids is 2. The monoisotopic (exact) mass is 340 g/mol. The van der Waals surface area contributed by atoms with Crippen molar-refractivity contribution < 1.29 is 19.1 Å². The Hall–Kier alpha value is -3.02. The fraction of sp³-hybridized carbons (Fsp3) is 0.263. The van der Waals surface area contributed by atoms with Crippen LogP contribution in [0.15, 0.2) is 54.6 Å². The molecule has 2 aromatic carbocycles. The van der Waals surface area contributed by atoms with Crippen molar-refractivity contribution in [2.75, 3.05) is 18.5 Å². The molecule has 1 N–H and O–H groups in total. The zero-order valence-corrected chi connectivity index (χ0v) is 14.1. The predicted octanol–water partition coefficient (Wildman–Crippen LogP) is 1.99. The van der Waals surface area contributed by atoms with Gasteiger partial charge in [0.1, 0.15) is 11.5 Å². The molecule has 2 unspecified atom stereocenters. The maximum absolute atomic E-state index is 12.9. The second-order valence-electron chi connectivity index (χ2n) is 5.71.